The molecule has 1 saturated heterocycles. The fourth-order valence-electron chi connectivity index (χ4n) is 6.00. The van der Waals surface area contributed by atoms with E-state index in [0.717, 1.165) is 0 Å². The van der Waals surface area contributed by atoms with E-state index in [-0.39, 0.29) is 30.9 Å². The number of carboxylic acid groups (broad SMARTS) is 1. The van der Waals surface area contributed by atoms with Crippen molar-refractivity contribution >= 4 is 47.3 Å². The Hall–Kier alpha value is -6.04. The first kappa shape index (κ1) is 45.4. The van der Waals surface area contributed by atoms with Crippen molar-refractivity contribution < 1.29 is 53.7 Å². The van der Waals surface area contributed by atoms with Crippen LogP contribution in [0.3, 0.4) is 0 Å². The number of carbonyl (C=O) groups is 8. The molecule has 310 valence electrons. The highest BCUT2D eigenvalue weighted by Gasteiger charge is 2.36. The summed E-state index contributed by atoms with van der Waals surface area (Å²) in [6.45, 7) is 7.23. The van der Waals surface area contributed by atoms with E-state index < -0.39 is 109 Å². The molecule has 0 aliphatic carbocycles. The number of carbonyl (C=O) groups excluding carboxylic acids is 7. The quantitative estimate of drug-likeness (QED) is 0.136. The lowest BCUT2D eigenvalue weighted by Gasteiger charge is -2.30. The predicted octanol–water partition coefficient (Wildman–Crippen LogP) is -1.23. The highest BCUT2D eigenvalue weighted by Crippen LogP contribution is 2.14. The molecule has 0 spiro atoms. The molecule has 3 rings (SSSR count). The van der Waals surface area contributed by atoms with Crippen LogP contribution in [0.25, 0.3) is 0 Å². The molecule has 0 radical (unpaired) electrons. The molecule has 18 heteroatoms. The monoisotopic (exact) mass is 795 g/mol. The van der Waals surface area contributed by atoms with Crippen LogP contribution < -0.4 is 37.2 Å². The summed E-state index contributed by atoms with van der Waals surface area (Å²) in [5.41, 5.74) is 1.09. The van der Waals surface area contributed by atoms with E-state index in [1.54, 1.807) is 58.0 Å². The number of hydrogen-bond acceptors (Lipinski definition) is 10. The minimum absolute atomic E-state index is 0.0404. The van der Waals surface area contributed by atoms with Crippen molar-refractivity contribution in [1.29, 1.82) is 0 Å². The Balaban J connectivity index is 2.11. The molecule has 2 aromatic rings. The molecule has 1 aliphatic rings. The Labute approximate surface area is 330 Å². The Morgan fingerprint density at radius 1 is 0.614 bits per heavy atom. The van der Waals surface area contributed by atoms with Crippen LogP contribution in [-0.2, 0) is 51.2 Å². The zero-order valence-electron chi connectivity index (χ0n) is 32.5. The lowest BCUT2D eigenvalue weighted by Crippen LogP contribution is -2.62. The third-order valence-corrected chi connectivity index (χ3v) is 9.03. The van der Waals surface area contributed by atoms with Gasteiger partial charge in [0.25, 0.3) is 0 Å². The molecular weight excluding hydrogens is 742 g/mol. The van der Waals surface area contributed by atoms with Crippen LogP contribution in [0, 0.1) is 11.8 Å². The van der Waals surface area contributed by atoms with Crippen LogP contribution >= 0.6 is 0 Å². The van der Waals surface area contributed by atoms with Gasteiger partial charge in [0.05, 0.1) is 19.1 Å². The van der Waals surface area contributed by atoms with E-state index in [0.29, 0.717) is 11.1 Å². The molecule has 2 aromatic carbocycles. The summed E-state index contributed by atoms with van der Waals surface area (Å²) >= 11 is 0. The number of aliphatic hydroxyl groups is 1. The van der Waals surface area contributed by atoms with E-state index >= 15 is 0 Å². The summed E-state index contributed by atoms with van der Waals surface area (Å²) in [5.74, 6) is -8.65. The van der Waals surface area contributed by atoms with Gasteiger partial charge in [0, 0.05) is 12.8 Å². The Morgan fingerprint density at radius 3 is 1.67 bits per heavy atom. The molecule has 0 aromatic heterocycles. The SMILES string of the molecule is CC(C)CC1NC(=O)C(CC(=O)O)NC(=O)CNC(=O)C(Cc2ccccc2)NC(=O)C(Cc2ccc(O)cc2)NC(=O)C(C(C)O)NC(=O)C(C(C)C)NC1=O. The van der Waals surface area contributed by atoms with E-state index in [1.165, 1.54) is 31.2 Å². The number of phenolic OH excluding ortho intramolecular Hbond substituents is 1. The van der Waals surface area contributed by atoms with Gasteiger partial charge in [-0.05, 0) is 48.4 Å². The number of carboxylic acids is 1. The second kappa shape index (κ2) is 21.3. The van der Waals surface area contributed by atoms with Gasteiger partial charge >= 0.3 is 5.97 Å². The second-order valence-electron chi connectivity index (χ2n) is 14.8. The molecule has 0 bridgehead atoms. The number of rotatable bonds is 10. The molecule has 1 fully saturated rings. The first-order valence-corrected chi connectivity index (χ1v) is 18.6. The van der Waals surface area contributed by atoms with Gasteiger partial charge in [-0.2, -0.15) is 0 Å². The lowest BCUT2D eigenvalue weighted by atomic mass is 9.98. The molecule has 18 nitrogen and oxygen atoms in total. The van der Waals surface area contributed by atoms with Crippen LogP contribution in [0.2, 0.25) is 0 Å². The minimum Gasteiger partial charge on any atom is -0.508 e. The number of benzene rings is 2. The van der Waals surface area contributed by atoms with E-state index in [4.69, 9.17) is 0 Å². The number of aliphatic hydroxyl groups excluding tert-OH is 1. The molecule has 7 amide bonds. The van der Waals surface area contributed by atoms with Gasteiger partial charge in [-0.3, -0.25) is 38.4 Å². The standard InChI is InChI=1S/C39H53N7O11/c1-20(2)15-26-37(55)45-32(21(3)4)38(56)46-33(22(5)47)39(57)44-28(17-24-11-13-25(48)14-12-24)35(53)43-27(16-23-9-7-6-8-10-23)34(52)40-19-30(49)41-29(18-31(50)51)36(54)42-26/h6-14,20-22,26-29,32-33,47-48H,15-19H2,1-5H3,(H,40,52)(H,41,49)(H,42,54)(H,43,53)(H,44,57)(H,45,55)(H,46,56)(H,50,51). The van der Waals surface area contributed by atoms with E-state index in [2.05, 4.69) is 37.2 Å². The molecular formula is C39H53N7O11. The number of aliphatic carboxylic acids is 1. The van der Waals surface area contributed by atoms with Crippen molar-refractivity contribution in [3.8, 4) is 5.75 Å². The van der Waals surface area contributed by atoms with E-state index in [1.807, 2.05) is 0 Å². The maximum atomic E-state index is 14.0. The molecule has 7 atom stereocenters. The zero-order chi connectivity index (χ0) is 42.4. The van der Waals surface area contributed by atoms with Crippen molar-refractivity contribution in [2.24, 2.45) is 11.8 Å². The molecule has 7 unspecified atom stereocenters. The number of amides is 7. The summed E-state index contributed by atoms with van der Waals surface area (Å²) in [5, 5.41) is 47.5. The van der Waals surface area contributed by atoms with Crippen LogP contribution in [-0.4, -0.2) is 112 Å². The average Bonchev–Trinajstić information content (AvgIpc) is 3.13. The highest BCUT2D eigenvalue weighted by atomic mass is 16.4. The normalized spacial score (nSPS) is 24.1. The Morgan fingerprint density at radius 2 is 1.11 bits per heavy atom. The predicted molar refractivity (Wildman–Crippen MR) is 205 cm³/mol. The van der Waals surface area contributed by atoms with Crippen LogP contribution in [0.1, 0.15) is 58.6 Å². The number of phenols is 1. The van der Waals surface area contributed by atoms with Crippen molar-refractivity contribution in [3.05, 3.63) is 65.7 Å². The van der Waals surface area contributed by atoms with Gasteiger partial charge in [0.2, 0.25) is 41.4 Å². The zero-order valence-corrected chi connectivity index (χ0v) is 32.5. The lowest BCUT2D eigenvalue weighted by molar-refractivity contribution is -0.141. The molecule has 1 aliphatic heterocycles. The first-order valence-electron chi connectivity index (χ1n) is 18.6. The number of aromatic hydroxyl groups is 1. The fraction of sp³-hybridized carbons (Fsp3) is 0.487. The number of nitrogens with one attached hydrogen (secondary N) is 7. The summed E-state index contributed by atoms with van der Waals surface area (Å²) in [4.78, 5) is 107. The minimum atomic E-state index is -1.68. The van der Waals surface area contributed by atoms with Gasteiger partial charge in [-0.15, -0.1) is 0 Å². The van der Waals surface area contributed by atoms with Crippen molar-refractivity contribution in [2.75, 3.05) is 6.54 Å². The summed E-state index contributed by atoms with van der Waals surface area (Å²) < 4.78 is 0. The fourth-order valence-corrected chi connectivity index (χ4v) is 6.00. The maximum absolute atomic E-state index is 14.0. The smallest absolute Gasteiger partial charge is 0.305 e. The Bertz CT molecular complexity index is 1750. The van der Waals surface area contributed by atoms with Crippen molar-refractivity contribution in [3.63, 3.8) is 0 Å². The molecule has 1 heterocycles. The van der Waals surface area contributed by atoms with Crippen LogP contribution in [0.15, 0.2) is 54.6 Å². The summed E-state index contributed by atoms with van der Waals surface area (Å²) in [7, 11) is 0. The summed E-state index contributed by atoms with van der Waals surface area (Å²) in [6.07, 6.45) is -2.61. The summed E-state index contributed by atoms with van der Waals surface area (Å²) in [6, 6.07) is 5.60. The third-order valence-electron chi connectivity index (χ3n) is 9.03. The van der Waals surface area contributed by atoms with Crippen molar-refractivity contribution in [2.45, 2.75) is 103 Å². The van der Waals surface area contributed by atoms with Gasteiger partial charge in [0.1, 0.15) is 42.0 Å². The van der Waals surface area contributed by atoms with Crippen LogP contribution in [0.5, 0.6) is 5.75 Å². The Kier molecular flexibility index (Phi) is 17.0. The molecule has 10 N–H and O–H groups in total. The van der Waals surface area contributed by atoms with E-state index in [9.17, 15) is 53.7 Å². The third kappa shape index (κ3) is 14.5. The first-order chi connectivity index (χ1) is 26.8. The average molecular weight is 796 g/mol. The van der Waals surface area contributed by atoms with Crippen molar-refractivity contribution in [1.82, 2.24) is 37.2 Å². The van der Waals surface area contributed by atoms with Gasteiger partial charge in [-0.1, -0.05) is 70.2 Å². The van der Waals surface area contributed by atoms with Gasteiger partial charge in [0.15, 0.2) is 0 Å². The van der Waals surface area contributed by atoms with Gasteiger partial charge < -0.3 is 52.5 Å². The highest BCUT2D eigenvalue weighted by molar-refractivity contribution is 5.98. The largest absolute Gasteiger partial charge is 0.508 e. The second-order valence-corrected chi connectivity index (χ2v) is 14.8. The topological polar surface area (TPSA) is 281 Å². The molecule has 57 heavy (non-hydrogen) atoms. The van der Waals surface area contributed by atoms with Gasteiger partial charge in [-0.25, -0.2) is 0 Å². The number of hydrogen-bond donors (Lipinski definition) is 10. The van der Waals surface area contributed by atoms with Crippen LogP contribution in [0.4, 0.5) is 0 Å². The molecule has 0 saturated carbocycles. The maximum Gasteiger partial charge on any atom is 0.305 e.